The van der Waals surface area contributed by atoms with E-state index in [1.54, 1.807) is 12.1 Å². The first-order chi connectivity index (χ1) is 8.63. The van der Waals surface area contributed by atoms with E-state index >= 15 is 0 Å². The van der Waals surface area contributed by atoms with E-state index in [2.05, 4.69) is 15.9 Å². The molecule has 0 fully saturated rings. The summed E-state index contributed by atoms with van der Waals surface area (Å²) in [6.45, 7) is 0. The Balaban J connectivity index is 2.29. The van der Waals surface area contributed by atoms with E-state index in [0.29, 0.717) is 12.2 Å². The molecule has 1 unspecified atom stereocenters. The lowest BCUT2D eigenvalue weighted by Gasteiger charge is -2.15. The molecule has 5 heteroatoms. The third-order valence-electron chi connectivity index (χ3n) is 2.64. The summed E-state index contributed by atoms with van der Waals surface area (Å²) >= 11 is 4.92. The molecule has 0 bridgehead atoms. The van der Waals surface area contributed by atoms with Gasteiger partial charge in [0.1, 0.15) is 11.6 Å². The van der Waals surface area contributed by atoms with Crippen LogP contribution in [-0.2, 0) is 6.42 Å². The topological polar surface area (TPSA) is 29.5 Å². The number of ether oxygens (including phenoxy) is 1. The Bertz CT molecular complexity index is 542. The van der Waals surface area contributed by atoms with Crippen molar-refractivity contribution in [1.82, 2.24) is 0 Å². The van der Waals surface area contributed by atoms with Crippen molar-refractivity contribution in [3.63, 3.8) is 0 Å². The molecule has 0 saturated carbocycles. The summed E-state index contributed by atoms with van der Waals surface area (Å²) in [6.07, 6.45) is -0.564. The Morgan fingerprint density at radius 3 is 2.83 bits per heavy atom. The summed E-state index contributed by atoms with van der Waals surface area (Å²) in [5.74, 6) is -0.0790. The summed E-state index contributed by atoms with van der Waals surface area (Å²) < 4.78 is 19.8. The molecule has 2 aromatic rings. The number of hydrogen-bond donors (Lipinski definition) is 1. The standard InChI is InChI=1S/C13H12BrFO2S/c1-17-11-4-2-3-9(15)13(11)10(16)7-12-8(14)5-6-18-12/h2-6,10,16H,7H2,1H3. The smallest absolute Gasteiger partial charge is 0.132 e. The molecule has 1 heterocycles. The molecule has 1 aromatic carbocycles. The van der Waals surface area contributed by atoms with Crippen molar-refractivity contribution in [3.8, 4) is 5.75 Å². The fourth-order valence-electron chi connectivity index (χ4n) is 1.77. The number of rotatable bonds is 4. The number of halogens is 2. The van der Waals surface area contributed by atoms with Crippen molar-refractivity contribution < 1.29 is 14.2 Å². The van der Waals surface area contributed by atoms with Gasteiger partial charge in [0, 0.05) is 15.8 Å². The van der Waals surface area contributed by atoms with Gasteiger partial charge in [-0.3, -0.25) is 0 Å². The minimum Gasteiger partial charge on any atom is -0.496 e. The number of aliphatic hydroxyl groups is 1. The number of hydrogen-bond acceptors (Lipinski definition) is 3. The number of methoxy groups -OCH3 is 1. The minimum absolute atomic E-state index is 0.209. The number of benzene rings is 1. The van der Waals surface area contributed by atoms with Crippen LogP contribution in [0.4, 0.5) is 4.39 Å². The monoisotopic (exact) mass is 330 g/mol. The van der Waals surface area contributed by atoms with Crippen LogP contribution in [0.1, 0.15) is 16.5 Å². The highest BCUT2D eigenvalue weighted by atomic mass is 79.9. The van der Waals surface area contributed by atoms with E-state index in [0.717, 1.165) is 9.35 Å². The van der Waals surface area contributed by atoms with Crippen LogP contribution in [0.25, 0.3) is 0 Å². The van der Waals surface area contributed by atoms with Gasteiger partial charge in [-0.1, -0.05) is 6.07 Å². The van der Waals surface area contributed by atoms with Crippen molar-refractivity contribution in [2.75, 3.05) is 7.11 Å². The van der Waals surface area contributed by atoms with Crippen LogP contribution in [0.3, 0.4) is 0 Å². The Labute approximate surface area is 117 Å². The van der Waals surface area contributed by atoms with E-state index in [4.69, 9.17) is 4.74 Å². The van der Waals surface area contributed by atoms with Gasteiger partial charge >= 0.3 is 0 Å². The van der Waals surface area contributed by atoms with Gasteiger partial charge in [-0.2, -0.15) is 0 Å². The van der Waals surface area contributed by atoms with Crippen molar-refractivity contribution in [1.29, 1.82) is 0 Å². The zero-order valence-electron chi connectivity index (χ0n) is 9.69. The lowest BCUT2D eigenvalue weighted by Crippen LogP contribution is -2.06. The molecule has 18 heavy (non-hydrogen) atoms. The zero-order valence-corrected chi connectivity index (χ0v) is 12.1. The van der Waals surface area contributed by atoms with E-state index in [9.17, 15) is 9.50 Å². The molecule has 0 aliphatic rings. The highest BCUT2D eigenvalue weighted by molar-refractivity contribution is 9.10. The van der Waals surface area contributed by atoms with E-state index in [1.165, 1.54) is 24.5 Å². The molecule has 0 radical (unpaired) electrons. The van der Waals surface area contributed by atoms with E-state index in [-0.39, 0.29) is 5.56 Å². The van der Waals surface area contributed by atoms with Crippen molar-refractivity contribution in [2.24, 2.45) is 0 Å². The summed E-state index contributed by atoms with van der Waals surface area (Å²) in [5, 5.41) is 12.1. The average Bonchev–Trinajstić information content (AvgIpc) is 2.74. The highest BCUT2D eigenvalue weighted by Crippen LogP contribution is 2.33. The first kappa shape index (κ1) is 13.5. The van der Waals surface area contributed by atoms with E-state index < -0.39 is 11.9 Å². The molecule has 0 spiro atoms. The minimum atomic E-state index is -0.920. The lowest BCUT2D eigenvalue weighted by molar-refractivity contribution is 0.169. The van der Waals surface area contributed by atoms with Crippen LogP contribution in [0.5, 0.6) is 5.75 Å². The lowest BCUT2D eigenvalue weighted by atomic mass is 10.0. The van der Waals surface area contributed by atoms with Crippen LogP contribution >= 0.6 is 27.3 Å². The summed E-state index contributed by atoms with van der Waals surface area (Å²) in [5.41, 5.74) is 0.209. The quantitative estimate of drug-likeness (QED) is 0.920. The third-order valence-corrected chi connectivity index (χ3v) is 4.58. The Morgan fingerprint density at radius 1 is 1.44 bits per heavy atom. The summed E-state index contributed by atoms with van der Waals surface area (Å²) in [4.78, 5) is 0.979. The van der Waals surface area contributed by atoms with Gasteiger partial charge in [-0.05, 0) is 39.5 Å². The summed E-state index contributed by atoms with van der Waals surface area (Å²) in [7, 11) is 1.46. The highest BCUT2D eigenvalue weighted by Gasteiger charge is 2.19. The first-order valence-electron chi connectivity index (χ1n) is 5.35. The Hall–Kier alpha value is -0.910. The molecular weight excluding hydrogens is 319 g/mol. The molecule has 1 N–H and O–H groups in total. The second-order valence-corrected chi connectivity index (χ2v) is 5.62. The molecule has 96 valence electrons. The fourth-order valence-corrected chi connectivity index (χ4v) is 3.32. The molecule has 1 aromatic heterocycles. The number of thiophene rings is 1. The summed E-state index contributed by atoms with van der Waals surface area (Å²) in [6, 6.07) is 6.44. The molecule has 0 amide bonds. The van der Waals surface area contributed by atoms with Gasteiger partial charge in [-0.15, -0.1) is 11.3 Å². The maximum Gasteiger partial charge on any atom is 0.132 e. The van der Waals surface area contributed by atoms with Gasteiger partial charge in [0.2, 0.25) is 0 Å². The zero-order chi connectivity index (χ0) is 13.1. The Morgan fingerprint density at radius 2 is 2.22 bits per heavy atom. The van der Waals surface area contributed by atoms with Crippen LogP contribution in [0.2, 0.25) is 0 Å². The Kier molecular flexibility index (Phi) is 4.37. The van der Waals surface area contributed by atoms with Crippen molar-refractivity contribution in [3.05, 3.63) is 50.4 Å². The second-order valence-electron chi connectivity index (χ2n) is 3.77. The molecule has 0 saturated heterocycles. The molecule has 2 nitrogen and oxygen atoms in total. The van der Waals surface area contributed by atoms with Gasteiger partial charge in [0.15, 0.2) is 0 Å². The van der Waals surface area contributed by atoms with Gasteiger partial charge in [0.25, 0.3) is 0 Å². The third kappa shape index (κ3) is 2.74. The molecular formula is C13H12BrFO2S. The normalized spacial score (nSPS) is 12.4. The van der Waals surface area contributed by atoms with Gasteiger partial charge in [0.05, 0.1) is 18.8 Å². The van der Waals surface area contributed by atoms with Crippen molar-refractivity contribution >= 4 is 27.3 Å². The molecule has 1 atom stereocenters. The van der Waals surface area contributed by atoms with Crippen LogP contribution in [0, 0.1) is 5.82 Å². The predicted octanol–water partition coefficient (Wildman–Crippen LogP) is 3.93. The average molecular weight is 331 g/mol. The van der Waals surface area contributed by atoms with Crippen LogP contribution in [-0.4, -0.2) is 12.2 Å². The maximum atomic E-state index is 13.8. The largest absolute Gasteiger partial charge is 0.496 e. The van der Waals surface area contributed by atoms with Crippen LogP contribution in [0.15, 0.2) is 34.1 Å². The van der Waals surface area contributed by atoms with Crippen LogP contribution < -0.4 is 4.74 Å². The van der Waals surface area contributed by atoms with Crippen molar-refractivity contribution in [2.45, 2.75) is 12.5 Å². The first-order valence-corrected chi connectivity index (χ1v) is 7.03. The molecule has 0 aliphatic carbocycles. The van der Waals surface area contributed by atoms with Gasteiger partial charge in [-0.25, -0.2) is 4.39 Å². The maximum absolute atomic E-state index is 13.8. The molecule has 2 rings (SSSR count). The fraction of sp³-hybridized carbons (Fsp3) is 0.231. The SMILES string of the molecule is COc1cccc(F)c1C(O)Cc1sccc1Br. The predicted molar refractivity (Wildman–Crippen MR) is 73.6 cm³/mol. The number of aliphatic hydroxyl groups excluding tert-OH is 1. The molecule has 0 aliphatic heterocycles. The van der Waals surface area contributed by atoms with Gasteiger partial charge < -0.3 is 9.84 Å². The second kappa shape index (κ2) is 5.82. The van der Waals surface area contributed by atoms with E-state index in [1.807, 2.05) is 11.4 Å².